The number of benzene rings is 2. The van der Waals surface area contributed by atoms with Gasteiger partial charge in [0, 0.05) is 11.8 Å². The molecule has 2 N–H and O–H groups in total. The number of anilines is 1. The predicted octanol–water partition coefficient (Wildman–Crippen LogP) is 4.65. The van der Waals surface area contributed by atoms with Crippen LogP contribution in [0.1, 0.15) is 21.7 Å². The molecule has 0 bridgehead atoms. The number of carbonyl (C=O) groups is 2. The predicted molar refractivity (Wildman–Crippen MR) is 105 cm³/mol. The largest absolute Gasteiger partial charge is 0.465 e. The monoisotopic (exact) mass is 380 g/mol. The van der Waals surface area contributed by atoms with E-state index >= 15 is 0 Å². The van der Waals surface area contributed by atoms with Crippen LogP contribution in [0.15, 0.2) is 77.0 Å². The Bertz CT molecular complexity index is 977. The Kier molecular flexibility index (Phi) is 5.74. The molecule has 3 rings (SSSR count). The van der Waals surface area contributed by atoms with Crippen molar-refractivity contribution in [2.45, 2.75) is 6.92 Å². The molecule has 1 aromatic heterocycles. The van der Waals surface area contributed by atoms with Crippen molar-refractivity contribution in [3.8, 4) is 0 Å². The lowest BCUT2D eigenvalue weighted by atomic mass is 10.2. The average molecular weight is 381 g/mol. The summed E-state index contributed by atoms with van der Waals surface area (Å²) in [4.78, 5) is 25.3. The lowest BCUT2D eigenvalue weighted by Gasteiger charge is -2.11. The average Bonchev–Trinajstić information content (AvgIpc) is 3.16. The quantitative estimate of drug-likeness (QED) is 0.633. The van der Waals surface area contributed by atoms with Gasteiger partial charge in [-0.3, -0.25) is 9.59 Å². The van der Waals surface area contributed by atoms with Gasteiger partial charge in [0.2, 0.25) is 0 Å². The number of furan rings is 1. The lowest BCUT2D eigenvalue weighted by molar-refractivity contribution is -0.113. The molecule has 0 saturated heterocycles. The molecule has 0 saturated carbocycles. The molecule has 0 unspecified atom stereocenters. The summed E-state index contributed by atoms with van der Waals surface area (Å²) in [5, 5.41) is 5.66. The zero-order valence-corrected chi connectivity index (χ0v) is 15.3. The summed E-state index contributed by atoms with van der Waals surface area (Å²) in [7, 11) is 0. The topological polar surface area (TPSA) is 71.3 Å². The Morgan fingerprint density at radius 2 is 1.74 bits per heavy atom. The van der Waals surface area contributed by atoms with Crippen molar-refractivity contribution in [1.82, 2.24) is 5.32 Å². The van der Waals surface area contributed by atoms with Crippen LogP contribution in [0, 0.1) is 6.92 Å². The van der Waals surface area contributed by atoms with Crippen LogP contribution in [0.3, 0.4) is 0 Å². The first-order chi connectivity index (χ1) is 13.0. The fourth-order valence-corrected chi connectivity index (χ4v) is 2.57. The first kappa shape index (κ1) is 18.5. The Balaban J connectivity index is 1.85. The van der Waals surface area contributed by atoms with Gasteiger partial charge in [-0.15, -0.1) is 0 Å². The molecule has 136 valence electrons. The molecule has 3 aromatic rings. The fourth-order valence-electron chi connectivity index (χ4n) is 2.34. The first-order valence-corrected chi connectivity index (χ1v) is 8.60. The van der Waals surface area contributed by atoms with Crippen molar-refractivity contribution >= 4 is 35.2 Å². The van der Waals surface area contributed by atoms with Crippen molar-refractivity contribution in [3.05, 3.63) is 94.5 Å². The van der Waals surface area contributed by atoms with Crippen molar-refractivity contribution in [3.63, 3.8) is 0 Å². The van der Waals surface area contributed by atoms with Gasteiger partial charge in [-0.25, -0.2) is 0 Å². The van der Waals surface area contributed by atoms with Gasteiger partial charge in [0.05, 0.1) is 16.8 Å². The third kappa shape index (κ3) is 4.86. The summed E-state index contributed by atoms with van der Waals surface area (Å²) in [6.45, 7) is 1.96. The molecule has 2 aromatic carbocycles. The van der Waals surface area contributed by atoms with Crippen LogP contribution in [0.5, 0.6) is 0 Å². The number of nitrogens with one attached hydrogen (secondary N) is 2. The van der Waals surface area contributed by atoms with Crippen molar-refractivity contribution in [2.75, 3.05) is 5.32 Å². The van der Waals surface area contributed by atoms with Crippen LogP contribution in [-0.2, 0) is 4.79 Å². The number of halogens is 1. The molecule has 6 heteroatoms. The summed E-state index contributed by atoms with van der Waals surface area (Å²) in [5.41, 5.74) is 2.00. The number of hydrogen-bond acceptors (Lipinski definition) is 3. The number of carbonyl (C=O) groups excluding carboxylic acids is 2. The van der Waals surface area contributed by atoms with Gasteiger partial charge < -0.3 is 15.1 Å². The standard InChI is InChI=1S/C21H17ClN2O3/c1-14-8-10-15(11-9-14)23-21(26)19(13-16-5-4-12-27-16)24-20(25)17-6-2-3-7-18(17)22/h2-13H,1H3,(H,23,26)(H,24,25). The first-order valence-electron chi connectivity index (χ1n) is 8.22. The molecule has 0 aliphatic rings. The van der Waals surface area contributed by atoms with E-state index in [0.717, 1.165) is 5.56 Å². The minimum absolute atomic E-state index is 0.0374. The van der Waals surface area contributed by atoms with E-state index in [4.69, 9.17) is 16.0 Å². The molecular weight excluding hydrogens is 364 g/mol. The van der Waals surface area contributed by atoms with E-state index in [-0.39, 0.29) is 11.3 Å². The Morgan fingerprint density at radius 1 is 1.00 bits per heavy atom. The molecule has 27 heavy (non-hydrogen) atoms. The van der Waals surface area contributed by atoms with Gasteiger partial charge in [-0.1, -0.05) is 41.4 Å². The van der Waals surface area contributed by atoms with Gasteiger partial charge in [0.15, 0.2) is 0 Å². The highest BCUT2D eigenvalue weighted by molar-refractivity contribution is 6.34. The second-order valence-electron chi connectivity index (χ2n) is 5.83. The minimum atomic E-state index is -0.488. The molecule has 0 radical (unpaired) electrons. The molecule has 0 spiro atoms. The zero-order chi connectivity index (χ0) is 19.2. The van der Waals surface area contributed by atoms with E-state index in [2.05, 4.69) is 10.6 Å². The molecule has 0 aliphatic heterocycles. The molecule has 1 heterocycles. The smallest absolute Gasteiger partial charge is 0.272 e. The van der Waals surface area contributed by atoms with Crippen LogP contribution in [0.4, 0.5) is 5.69 Å². The van der Waals surface area contributed by atoms with Gasteiger partial charge in [0.25, 0.3) is 11.8 Å². The van der Waals surface area contributed by atoms with E-state index in [0.29, 0.717) is 16.5 Å². The van der Waals surface area contributed by atoms with Gasteiger partial charge >= 0.3 is 0 Å². The summed E-state index contributed by atoms with van der Waals surface area (Å²) < 4.78 is 5.26. The summed E-state index contributed by atoms with van der Waals surface area (Å²) in [6, 6.07) is 17.3. The van der Waals surface area contributed by atoms with Crippen molar-refractivity contribution < 1.29 is 14.0 Å². The second kappa shape index (κ2) is 8.38. The van der Waals surface area contributed by atoms with Crippen LogP contribution in [0.25, 0.3) is 6.08 Å². The number of aryl methyl sites for hydroxylation is 1. The normalized spacial score (nSPS) is 11.1. The maximum absolute atomic E-state index is 12.7. The van der Waals surface area contributed by atoms with Crippen molar-refractivity contribution in [2.24, 2.45) is 0 Å². The maximum Gasteiger partial charge on any atom is 0.272 e. The van der Waals surface area contributed by atoms with Crippen LogP contribution in [0.2, 0.25) is 5.02 Å². The van der Waals surface area contributed by atoms with Gasteiger partial charge in [-0.05, 0) is 43.3 Å². The SMILES string of the molecule is Cc1ccc(NC(=O)C(=Cc2ccco2)NC(=O)c2ccccc2Cl)cc1. The number of amides is 2. The summed E-state index contributed by atoms with van der Waals surface area (Å²) in [5.74, 6) is -0.531. The molecule has 0 atom stereocenters. The van der Waals surface area contributed by atoms with E-state index in [1.54, 1.807) is 48.5 Å². The van der Waals surface area contributed by atoms with Gasteiger partial charge in [-0.2, -0.15) is 0 Å². The maximum atomic E-state index is 12.7. The van der Waals surface area contributed by atoms with E-state index < -0.39 is 11.8 Å². The van der Waals surface area contributed by atoms with Crippen LogP contribution in [-0.4, -0.2) is 11.8 Å². The third-order valence-electron chi connectivity index (χ3n) is 3.75. The third-order valence-corrected chi connectivity index (χ3v) is 4.08. The fraction of sp³-hybridized carbons (Fsp3) is 0.0476. The summed E-state index contributed by atoms with van der Waals surface area (Å²) >= 11 is 6.07. The summed E-state index contributed by atoms with van der Waals surface area (Å²) in [6.07, 6.45) is 2.94. The molecule has 2 amide bonds. The van der Waals surface area contributed by atoms with Gasteiger partial charge in [0.1, 0.15) is 11.5 Å². The highest BCUT2D eigenvalue weighted by Crippen LogP contribution is 2.16. The molecule has 0 aliphatic carbocycles. The molecule has 0 fully saturated rings. The zero-order valence-electron chi connectivity index (χ0n) is 14.5. The highest BCUT2D eigenvalue weighted by Gasteiger charge is 2.17. The minimum Gasteiger partial charge on any atom is -0.465 e. The van der Waals surface area contributed by atoms with Crippen molar-refractivity contribution in [1.29, 1.82) is 0 Å². The van der Waals surface area contributed by atoms with Crippen LogP contribution < -0.4 is 10.6 Å². The molecule has 5 nitrogen and oxygen atoms in total. The highest BCUT2D eigenvalue weighted by atomic mass is 35.5. The second-order valence-corrected chi connectivity index (χ2v) is 6.23. The Labute approximate surface area is 161 Å². The Morgan fingerprint density at radius 3 is 2.41 bits per heavy atom. The van der Waals surface area contributed by atoms with E-state index in [9.17, 15) is 9.59 Å². The molecular formula is C21H17ClN2O3. The lowest BCUT2D eigenvalue weighted by Crippen LogP contribution is -2.30. The van der Waals surface area contributed by atoms with E-state index in [1.165, 1.54) is 12.3 Å². The van der Waals surface area contributed by atoms with Crippen LogP contribution >= 0.6 is 11.6 Å². The Hall–Kier alpha value is -3.31. The number of hydrogen-bond donors (Lipinski definition) is 2. The number of rotatable bonds is 5. The van der Waals surface area contributed by atoms with E-state index in [1.807, 2.05) is 19.1 Å².